The molecule has 3 heterocycles. The number of aromatic amines is 1. The van der Waals surface area contributed by atoms with Crippen molar-refractivity contribution in [3.8, 4) is 5.88 Å². The Labute approximate surface area is 176 Å². The number of hydrogen-bond acceptors (Lipinski definition) is 7. The van der Waals surface area contributed by atoms with Crippen LogP contribution in [0, 0.1) is 5.92 Å². The van der Waals surface area contributed by atoms with Crippen molar-refractivity contribution in [2.45, 2.75) is 37.5 Å². The SMILES string of the molecule is COc1ccc(CS(=O)(=O)CC2CCC(N(C)c3ncnc4[nH]ccc34)CC2)cn1. The van der Waals surface area contributed by atoms with Crippen LogP contribution in [-0.2, 0) is 15.6 Å². The number of H-pyrrole nitrogens is 1. The van der Waals surface area contributed by atoms with E-state index in [1.807, 2.05) is 12.3 Å². The topological polar surface area (TPSA) is 101 Å². The van der Waals surface area contributed by atoms with Gasteiger partial charge in [-0.25, -0.2) is 23.4 Å². The van der Waals surface area contributed by atoms with Gasteiger partial charge in [0, 0.05) is 31.5 Å². The monoisotopic (exact) mass is 429 g/mol. The molecule has 4 rings (SSSR count). The third-order valence-corrected chi connectivity index (χ3v) is 7.67. The van der Waals surface area contributed by atoms with Gasteiger partial charge in [0.1, 0.15) is 17.8 Å². The predicted octanol–water partition coefficient (Wildman–Crippen LogP) is 2.97. The summed E-state index contributed by atoms with van der Waals surface area (Å²) in [5.74, 6) is 1.86. The summed E-state index contributed by atoms with van der Waals surface area (Å²) in [5.41, 5.74) is 1.53. The normalized spacial score (nSPS) is 19.7. The van der Waals surface area contributed by atoms with Crippen molar-refractivity contribution in [3.63, 3.8) is 0 Å². The van der Waals surface area contributed by atoms with Gasteiger partial charge in [-0.2, -0.15) is 0 Å². The number of nitrogens with zero attached hydrogens (tertiary/aromatic N) is 4. The molecular formula is C21H27N5O3S. The first-order valence-electron chi connectivity index (χ1n) is 10.2. The Morgan fingerprint density at radius 1 is 1.13 bits per heavy atom. The Hall–Kier alpha value is -2.68. The summed E-state index contributed by atoms with van der Waals surface area (Å²) in [6.45, 7) is 0. The average Bonchev–Trinajstić information content (AvgIpc) is 3.23. The van der Waals surface area contributed by atoms with Crippen LogP contribution in [0.15, 0.2) is 36.9 Å². The first kappa shape index (κ1) is 20.6. The Morgan fingerprint density at radius 2 is 1.93 bits per heavy atom. The summed E-state index contributed by atoms with van der Waals surface area (Å²) in [4.78, 5) is 18.2. The van der Waals surface area contributed by atoms with Gasteiger partial charge in [0.25, 0.3) is 0 Å². The Kier molecular flexibility index (Phi) is 5.90. The van der Waals surface area contributed by atoms with Gasteiger partial charge in [0.2, 0.25) is 5.88 Å². The van der Waals surface area contributed by atoms with E-state index >= 15 is 0 Å². The van der Waals surface area contributed by atoms with E-state index in [4.69, 9.17) is 4.74 Å². The van der Waals surface area contributed by atoms with Crippen molar-refractivity contribution in [1.29, 1.82) is 0 Å². The molecule has 0 spiro atoms. The molecule has 9 heteroatoms. The van der Waals surface area contributed by atoms with Gasteiger partial charge in [-0.15, -0.1) is 0 Å². The first-order chi connectivity index (χ1) is 14.4. The minimum Gasteiger partial charge on any atom is -0.481 e. The number of hydrogen-bond donors (Lipinski definition) is 1. The number of nitrogens with one attached hydrogen (secondary N) is 1. The molecule has 30 heavy (non-hydrogen) atoms. The van der Waals surface area contributed by atoms with Gasteiger partial charge in [-0.05, 0) is 43.2 Å². The number of anilines is 1. The number of pyridine rings is 1. The van der Waals surface area contributed by atoms with Crippen LogP contribution in [0.4, 0.5) is 5.82 Å². The van der Waals surface area contributed by atoms with E-state index in [1.54, 1.807) is 24.7 Å². The molecule has 1 aliphatic carbocycles. The summed E-state index contributed by atoms with van der Waals surface area (Å²) >= 11 is 0. The Morgan fingerprint density at radius 3 is 2.63 bits per heavy atom. The largest absolute Gasteiger partial charge is 0.481 e. The molecule has 1 aliphatic rings. The van der Waals surface area contributed by atoms with Crippen molar-refractivity contribution in [3.05, 3.63) is 42.5 Å². The molecule has 1 saturated carbocycles. The van der Waals surface area contributed by atoms with Gasteiger partial charge in [0.05, 0.1) is 24.0 Å². The Balaban J connectivity index is 1.34. The van der Waals surface area contributed by atoms with Crippen LogP contribution < -0.4 is 9.64 Å². The molecule has 160 valence electrons. The molecule has 1 N–H and O–H groups in total. The predicted molar refractivity (Wildman–Crippen MR) is 116 cm³/mol. The fraction of sp³-hybridized carbons (Fsp3) is 0.476. The maximum absolute atomic E-state index is 12.7. The zero-order chi connectivity index (χ0) is 21.1. The van der Waals surface area contributed by atoms with Crippen molar-refractivity contribution in [2.24, 2.45) is 5.92 Å². The van der Waals surface area contributed by atoms with Gasteiger partial charge in [0.15, 0.2) is 9.84 Å². The van der Waals surface area contributed by atoms with E-state index < -0.39 is 9.84 Å². The minimum absolute atomic E-state index is 0.0240. The van der Waals surface area contributed by atoms with E-state index in [9.17, 15) is 8.42 Å². The lowest BCUT2D eigenvalue weighted by Gasteiger charge is -2.35. The highest BCUT2D eigenvalue weighted by molar-refractivity contribution is 7.90. The minimum atomic E-state index is -3.18. The molecule has 0 bridgehead atoms. The highest BCUT2D eigenvalue weighted by atomic mass is 32.2. The van der Waals surface area contributed by atoms with Crippen LogP contribution in [0.1, 0.15) is 31.2 Å². The second-order valence-electron chi connectivity index (χ2n) is 7.99. The first-order valence-corrected chi connectivity index (χ1v) is 12.0. The van der Waals surface area contributed by atoms with Gasteiger partial charge < -0.3 is 14.6 Å². The zero-order valence-electron chi connectivity index (χ0n) is 17.3. The van der Waals surface area contributed by atoms with E-state index in [1.165, 1.54) is 7.11 Å². The third kappa shape index (κ3) is 4.56. The molecule has 0 amide bonds. The second kappa shape index (κ2) is 8.59. The summed E-state index contributed by atoms with van der Waals surface area (Å²) in [6, 6.07) is 5.80. The van der Waals surface area contributed by atoms with Crippen molar-refractivity contribution in [2.75, 3.05) is 24.8 Å². The summed E-state index contributed by atoms with van der Waals surface area (Å²) in [5, 5.41) is 1.01. The number of aromatic nitrogens is 4. The molecule has 0 unspecified atom stereocenters. The van der Waals surface area contributed by atoms with Crippen molar-refractivity contribution in [1.82, 2.24) is 19.9 Å². The number of ether oxygens (including phenoxy) is 1. The van der Waals surface area contributed by atoms with Crippen LogP contribution in [0.5, 0.6) is 5.88 Å². The van der Waals surface area contributed by atoms with E-state index in [0.29, 0.717) is 17.5 Å². The van der Waals surface area contributed by atoms with Gasteiger partial charge >= 0.3 is 0 Å². The molecule has 0 aliphatic heterocycles. The highest BCUT2D eigenvalue weighted by Gasteiger charge is 2.28. The summed E-state index contributed by atoms with van der Waals surface area (Å²) in [7, 11) is 0.418. The average molecular weight is 430 g/mol. The van der Waals surface area contributed by atoms with Crippen LogP contribution in [0.25, 0.3) is 11.0 Å². The molecule has 0 atom stereocenters. The standard InChI is InChI=1S/C21H27N5O3S/c1-26(21-18-9-10-22-20(18)24-14-25-21)17-6-3-15(4-7-17)12-30(27,28)13-16-5-8-19(29-2)23-11-16/h5,8-11,14-15,17H,3-4,6-7,12-13H2,1-2H3,(H,22,24,25). The number of sulfone groups is 1. The number of methoxy groups -OCH3 is 1. The lowest BCUT2D eigenvalue weighted by atomic mass is 9.86. The lowest BCUT2D eigenvalue weighted by Crippen LogP contribution is -2.37. The van der Waals surface area contributed by atoms with Crippen LogP contribution in [-0.4, -0.2) is 54.3 Å². The fourth-order valence-electron chi connectivity index (χ4n) is 4.30. The van der Waals surface area contributed by atoms with Crippen molar-refractivity contribution >= 4 is 26.7 Å². The highest BCUT2D eigenvalue weighted by Crippen LogP contribution is 2.32. The van der Waals surface area contributed by atoms with E-state index in [0.717, 1.165) is 42.5 Å². The zero-order valence-corrected chi connectivity index (χ0v) is 18.1. The lowest BCUT2D eigenvalue weighted by molar-refractivity contribution is 0.340. The molecule has 1 fully saturated rings. The van der Waals surface area contributed by atoms with Crippen molar-refractivity contribution < 1.29 is 13.2 Å². The molecule has 3 aromatic rings. The fourth-order valence-corrected chi connectivity index (χ4v) is 6.15. The number of fused-ring (bicyclic) bond motifs is 1. The van der Waals surface area contributed by atoms with Crippen LogP contribution in [0.2, 0.25) is 0 Å². The molecule has 8 nitrogen and oxygen atoms in total. The molecule has 0 radical (unpaired) electrons. The Bertz CT molecular complexity index is 1090. The van der Waals surface area contributed by atoms with E-state index in [2.05, 4.69) is 31.9 Å². The quantitative estimate of drug-likeness (QED) is 0.616. The van der Waals surface area contributed by atoms with Gasteiger partial charge in [-0.3, -0.25) is 0 Å². The molecule has 3 aromatic heterocycles. The number of rotatable bonds is 7. The molecular weight excluding hydrogens is 402 g/mol. The molecule has 0 saturated heterocycles. The van der Waals surface area contributed by atoms with E-state index in [-0.39, 0.29) is 17.4 Å². The van der Waals surface area contributed by atoms with Crippen LogP contribution >= 0.6 is 0 Å². The second-order valence-corrected chi connectivity index (χ2v) is 10.1. The molecule has 0 aromatic carbocycles. The third-order valence-electron chi connectivity index (χ3n) is 5.91. The van der Waals surface area contributed by atoms with Crippen LogP contribution in [0.3, 0.4) is 0 Å². The summed E-state index contributed by atoms with van der Waals surface area (Å²) < 4.78 is 30.4. The smallest absolute Gasteiger partial charge is 0.212 e. The maximum Gasteiger partial charge on any atom is 0.212 e. The maximum atomic E-state index is 12.7. The van der Waals surface area contributed by atoms with Gasteiger partial charge in [-0.1, -0.05) is 6.07 Å². The summed E-state index contributed by atoms with van der Waals surface area (Å²) in [6.07, 6.45) is 8.74.